The van der Waals surface area contributed by atoms with E-state index in [0.717, 1.165) is 18.8 Å². The van der Waals surface area contributed by atoms with E-state index in [9.17, 15) is 4.79 Å². The Labute approximate surface area is 114 Å². The van der Waals surface area contributed by atoms with Gasteiger partial charge in [-0.2, -0.15) is 0 Å². The van der Waals surface area contributed by atoms with Crippen molar-refractivity contribution in [1.82, 2.24) is 4.90 Å². The van der Waals surface area contributed by atoms with Crippen molar-refractivity contribution in [2.45, 2.75) is 25.8 Å². The molecule has 0 bridgehead atoms. The van der Waals surface area contributed by atoms with Crippen LogP contribution in [0.15, 0.2) is 18.2 Å². The van der Waals surface area contributed by atoms with E-state index >= 15 is 0 Å². The fourth-order valence-corrected chi connectivity index (χ4v) is 2.91. The van der Waals surface area contributed by atoms with Crippen LogP contribution in [0.1, 0.15) is 30.5 Å². The smallest absolute Gasteiger partial charge is 0.303 e. The largest absolute Gasteiger partial charge is 0.493 e. The third kappa shape index (κ3) is 3.07. The lowest BCUT2D eigenvalue weighted by atomic mass is 9.90. The second-order valence-corrected chi connectivity index (χ2v) is 5.45. The number of carbonyl (C=O) groups is 1. The minimum absolute atomic E-state index is 0.0628. The first-order valence-corrected chi connectivity index (χ1v) is 6.63. The number of ether oxygens (including phenoxy) is 1. The summed E-state index contributed by atoms with van der Waals surface area (Å²) in [5.41, 5.74) is 2.40. The van der Waals surface area contributed by atoms with Gasteiger partial charge in [-0.05, 0) is 37.2 Å². The van der Waals surface area contributed by atoms with Gasteiger partial charge in [-0.25, -0.2) is 0 Å². The van der Waals surface area contributed by atoms with Crippen molar-refractivity contribution < 1.29 is 14.6 Å². The number of aliphatic carboxylic acids is 1. The van der Waals surface area contributed by atoms with Gasteiger partial charge in [-0.15, -0.1) is 0 Å². The lowest BCUT2D eigenvalue weighted by Crippen LogP contribution is -2.27. The van der Waals surface area contributed by atoms with Gasteiger partial charge in [0.05, 0.1) is 6.61 Å². The minimum atomic E-state index is -0.746. The third-order valence-corrected chi connectivity index (χ3v) is 3.65. The Kier molecular flexibility index (Phi) is 4.10. The van der Waals surface area contributed by atoms with Gasteiger partial charge in [0, 0.05) is 18.9 Å². The minimum Gasteiger partial charge on any atom is -0.493 e. The number of fused-ring (bicyclic) bond motifs is 1. The van der Waals surface area contributed by atoms with Crippen molar-refractivity contribution in [3.63, 3.8) is 0 Å². The maximum absolute atomic E-state index is 10.9. The maximum Gasteiger partial charge on any atom is 0.303 e. The molecule has 1 aromatic carbocycles. The van der Waals surface area contributed by atoms with Gasteiger partial charge in [0.2, 0.25) is 0 Å². The summed E-state index contributed by atoms with van der Waals surface area (Å²) in [6.07, 6.45) is 1.12. The molecule has 4 nitrogen and oxygen atoms in total. The lowest BCUT2D eigenvalue weighted by molar-refractivity contribution is -0.138. The molecule has 2 rings (SSSR count). The first-order chi connectivity index (χ1) is 8.99. The zero-order valence-electron chi connectivity index (χ0n) is 11.7. The van der Waals surface area contributed by atoms with Crippen LogP contribution in [0.2, 0.25) is 0 Å². The van der Waals surface area contributed by atoms with Gasteiger partial charge in [0.25, 0.3) is 0 Å². The zero-order valence-corrected chi connectivity index (χ0v) is 11.7. The second-order valence-electron chi connectivity index (χ2n) is 5.45. The van der Waals surface area contributed by atoms with E-state index in [1.165, 1.54) is 11.1 Å². The molecule has 2 atom stereocenters. The van der Waals surface area contributed by atoms with E-state index in [-0.39, 0.29) is 18.4 Å². The molecule has 1 aromatic rings. The molecule has 19 heavy (non-hydrogen) atoms. The Balaban J connectivity index is 2.26. The molecule has 0 saturated heterocycles. The van der Waals surface area contributed by atoms with E-state index in [1.54, 1.807) is 0 Å². The first-order valence-electron chi connectivity index (χ1n) is 6.63. The molecule has 2 unspecified atom stereocenters. The van der Waals surface area contributed by atoms with E-state index in [0.29, 0.717) is 0 Å². The molecular weight excluding hydrogens is 242 g/mol. The van der Waals surface area contributed by atoms with Crippen molar-refractivity contribution in [3.05, 3.63) is 29.3 Å². The average Bonchev–Trinajstić information content (AvgIpc) is 2.74. The highest BCUT2D eigenvalue weighted by Crippen LogP contribution is 2.33. The van der Waals surface area contributed by atoms with Gasteiger partial charge in [-0.1, -0.05) is 19.1 Å². The zero-order chi connectivity index (χ0) is 14.0. The molecule has 1 aliphatic rings. The van der Waals surface area contributed by atoms with Crippen LogP contribution in [0.5, 0.6) is 5.75 Å². The van der Waals surface area contributed by atoms with Crippen LogP contribution in [0.3, 0.4) is 0 Å². The molecule has 0 spiro atoms. The summed E-state index contributed by atoms with van der Waals surface area (Å²) in [4.78, 5) is 13.0. The van der Waals surface area contributed by atoms with Gasteiger partial charge < -0.3 is 14.7 Å². The number of carboxylic acids is 1. The van der Waals surface area contributed by atoms with Crippen molar-refractivity contribution in [3.8, 4) is 5.75 Å². The maximum atomic E-state index is 10.9. The average molecular weight is 263 g/mol. The SMILES string of the molecule is CC(CC(=O)O)C(c1ccc2c(c1)CCO2)N(C)C. The number of nitrogens with zero attached hydrogens (tertiary/aromatic N) is 1. The van der Waals surface area contributed by atoms with Crippen LogP contribution in [-0.2, 0) is 11.2 Å². The van der Waals surface area contributed by atoms with E-state index in [1.807, 2.05) is 33.2 Å². The molecule has 104 valence electrons. The van der Waals surface area contributed by atoms with Crippen LogP contribution >= 0.6 is 0 Å². The highest BCUT2D eigenvalue weighted by atomic mass is 16.5. The summed E-state index contributed by atoms with van der Waals surface area (Å²) in [7, 11) is 3.99. The van der Waals surface area contributed by atoms with E-state index in [4.69, 9.17) is 9.84 Å². The quantitative estimate of drug-likeness (QED) is 0.886. The normalized spacial score (nSPS) is 16.8. The van der Waals surface area contributed by atoms with Gasteiger partial charge in [-0.3, -0.25) is 4.79 Å². The van der Waals surface area contributed by atoms with E-state index in [2.05, 4.69) is 11.0 Å². The highest BCUT2D eigenvalue weighted by molar-refractivity contribution is 5.67. The fourth-order valence-electron chi connectivity index (χ4n) is 2.91. The molecule has 0 amide bonds. The van der Waals surface area contributed by atoms with Gasteiger partial charge >= 0.3 is 5.97 Å². The van der Waals surface area contributed by atoms with Crippen LogP contribution in [0.4, 0.5) is 0 Å². The second kappa shape index (κ2) is 5.61. The molecule has 4 heteroatoms. The summed E-state index contributed by atoms with van der Waals surface area (Å²) in [5, 5.41) is 8.98. The monoisotopic (exact) mass is 263 g/mol. The van der Waals surface area contributed by atoms with Crippen molar-refractivity contribution >= 4 is 5.97 Å². The van der Waals surface area contributed by atoms with Crippen LogP contribution in [0.25, 0.3) is 0 Å². The predicted molar refractivity (Wildman–Crippen MR) is 73.5 cm³/mol. The molecule has 1 aliphatic heterocycles. The Morgan fingerprint density at radius 3 is 2.84 bits per heavy atom. The number of benzene rings is 1. The molecule has 1 N–H and O–H groups in total. The third-order valence-electron chi connectivity index (χ3n) is 3.65. The molecule has 1 heterocycles. The Morgan fingerprint density at radius 2 is 2.21 bits per heavy atom. The van der Waals surface area contributed by atoms with Gasteiger partial charge in [0.1, 0.15) is 5.75 Å². The summed E-state index contributed by atoms with van der Waals surface area (Å²) in [6, 6.07) is 6.32. The van der Waals surface area contributed by atoms with Crippen LogP contribution in [-0.4, -0.2) is 36.7 Å². The Bertz CT molecular complexity index is 470. The summed E-state index contributed by atoms with van der Waals surface area (Å²) in [5.74, 6) is 0.281. The Hall–Kier alpha value is -1.55. The Morgan fingerprint density at radius 1 is 1.47 bits per heavy atom. The summed E-state index contributed by atoms with van der Waals surface area (Å²) < 4.78 is 5.51. The number of carboxylic acid groups (broad SMARTS) is 1. The number of rotatable bonds is 5. The summed E-state index contributed by atoms with van der Waals surface area (Å²) in [6.45, 7) is 2.73. The molecule has 0 saturated carbocycles. The lowest BCUT2D eigenvalue weighted by Gasteiger charge is -2.30. The van der Waals surface area contributed by atoms with E-state index < -0.39 is 5.97 Å². The topological polar surface area (TPSA) is 49.8 Å². The van der Waals surface area contributed by atoms with Crippen molar-refractivity contribution in [2.75, 3.05) is 20.7 Å². The van der Waals surface area contributed by atoms with Crippen molar-refractivity contribution in [1.29, 1.82) is 0 Å². The number of hydrogen-bond donors (Lipinski definition) is 1. The summed E-state index contributed by atoms with van der Waals surface area (Å²) >= 11 is 0. The number of hydrogen-bond acceptors (Lipinski definition) is 3. The fraction of sp³-hybridized carbons (Fsp3) is 0.533. The van der Waals surface area contributed by atoms with Crippen molar-refractivity contribution in [2.24, 2.45) is 5.92 Å². The molecule has 0 radical (unpaired) electrons. The van der Waals surface area contributed by atoms with Crippen LogP contribution in [0, 0.1) is 5.92 Å². The van der Waals surface area contributed by atoms with Crippen LogP contribution < -0.4 is 4.74 Å². The molecule has 0 aliphatic carbocycles. The van der Waals surface area contributed by atoms with Gasteiger partial charge in [0.15, 0.2) is 0 Å². The molecular formula is C15H21NO3. The highest BCUT2D eigenvalue weighted by Gasteiger charge is 2.25. The predicted octanol–water partition coefficient (Wildman–Crippen LogP) is 2.33. The first kappa shape index (κ1) is 13.9. The standard InChI is InChI=1S/C15H21NO3/c1-10(8-14(17)18)15(16(2)3)12-4-5-13-11(9-12)6-7-19-13/h4-5,9-10,15H,6-8H2,1-3H3,(H,17,18). The molecule has 0 aromatic heterocycles. The molecule has 0 fully saturated rings.